The van der Waals surface area contributed by atoms with Crippen LogP contribution in [0.3, 0.4) is 0 Å². The number of halogens is 1. The monoisotopic (exact) mass is 291 g/mol. The second-order valence-electron chi connectivity index (χ2n) is 4.53. The zero-order chi connectivity index (χ0) is 14.5. The van der Waals surface area contributed by atoms with E-state index in [9.17, 15) is 0 Å². The number of benzene rings is 1. The number of hydrogen-bond acceptors (Lipinski definition) is 4. The quantitative estimate of drug-likeness (QED) is 0.889. The molecule has 106 valence electrons. The van der Waals surface area contributed by atoms with E-state index in [0.717, 1.165) is 24.3 Å². The molecule has 1 N–H and O–H groups in total. The Labute approximate surface area is 124 Å². The van der Waals surface area contributed by atoms with Crippen molar-refractivity contribution in [2.45, 2.75) is 27.2 Å². The van der Waals surface area contributed by atoms with Gasteiger partial charge in [-0.3, -0.25) is 0 Å². The van der Waals surface area contributed by atoms with Crippen LogP contribution in [-0.4, -0.2) is 16.5 Å². The molecule has 1 heterocycles. The molecular formula is C15H18ClN3O. The Balaban J connectivity index is 2.26. The van der Waals surface area contributed by atoms with Gasteiger partial charge < -0.3 is 10.1 Å². The van der Waals surface area contributed by atoms with E-state index in [0.29, 0.717) is 22.5 Å². The molecule has 0 saturated heterocycles. The van der Waals surface area contributed by atoms with Gasteiger partial charge in [-0.15, -0.1) is 0 Å². The average molecular weight is 292 g/mol. The minimum Gasteiger partial charge on any atom is -0.439 e. The Hall–Kier alpha value is -1.81. The van der Waals surface area contributed by atoms with E-state index in [-0.39, 0.29) is 0 Å². The van der Waals surface area contributed by atoms with Gasteiger partial charge in [0.25, 0.3) is 0 Å². The van der Waals surface area contributed by atoms with Gasteiger partial charge in [0.05, 0.1) is 5.56 Å². The maximum Gasteiger partial charge on any atom is 0.227 e. The third kappa shape index (κ3) is 3.61. The number of hydrogen-bond donors (Lipinski definition) is 1. The van der Waals surface area contributed by atoms with Gasteiger partial charge >= 0.3 is 0 Å². The number of ether oxygens (including phenoxy) is 1. The maximum atomic E-state index is 5.86. The van der Waals surface area contributed by atoms with Crippen molar-refractivity contribution in [3.8, 4) is 11.6 Å². The number of anilines is 1. The Morgan fingerprint density at radius 3 is 2.50 bits per heavy atom. The molecule has 0 bridgehead atoms. The van der Waals surface area contributed by atoms with Gasteiger partial charge in [0.15, 0.2) is 0 Å². The van der Waals surface area contributed by atoms with Crippen molar-refractivity contribution in [1.29, 1.82) is 0 Å². The fourth-order valence-electron chi connectivity index (χ4n) is 1.73. The smallest absolute Gasteiger partial charge is 0.227 e. The lowest BCUT2D eigenvalue weighted by atomic mass is 10.3. The first-order valence-corrected chi connectivity index (χ1v) is 7.00. The van der Waals surface area contributed by atoms with Gasteiger partial charge in [0.1, 0.15) is 17.4 Å². The summed E-state index contributed by atoms with van der Waals surface area (Å²) in [6.07, 6.45) is 1.04. The topological polar surface area (TPSA) is 47.0 Å². The largest absolute Gasteiger partial charge is 0.439 e. The van der Waals surface area contributed by atoms with E-state index < -0.39 is 0 Å². The zero-order valence-corrected chi connectivity index (χ0v) is 12.7. The fraction of sp³-hybridized carbons (Fsp3) is 0.333. The lowest BCUT2D eigenvalue weighted by Gasteiger charge is -2.13. The number of aryl methyl sites for hydroxylation is 1. The molecule has 0 spiro atoms. The first-order chi connectivity index (χ1) is 9.60. The lowest BCUT2D eigenvalue weighted by Crippen LogP contribution is -2.07. The van der Waals surface area contributed by atoms with Crippen LogP contribution in [0.25, 0.3) is 0 Å². The zero-order valence-electron chi connectivity index (χ0n) is 11.9. The van der Waals surface area contributed by atoms with Crippen LogP contribution in [-0.2, 0) is 0 Å². The third-order valence-corrected chi connectivity index (χ3v) is 3.04. The first-order valence-electron chi connectivity index (χ1n) is 6.62. The Kier molecular flexibility index (Phi) is 4.79. The van der Waals surface area contributed by atoms with Gasteiger partial charge in [0, 0.05) is 11.6 Å². The Bertz CT molecular complexity index is 584. The molecule has 0 atom stereocenters. The van der Waals surface area contributed by atoms with Gasteiger partial charge in [-0.05, 0) is 44.5 Å². The van der Waals surface area contributed by atoms with Crippen LogP contribution in [0.1, 0.15) is 24.7 Å². The highest BCUT2D eigenvalue weighted by molar-refractivity contribution is 6.30. The summed E-state index contributed by atoms with van der Waals surface area (Å²) in [5.41, 5.74) is 0.902. The maximum absolute atomic E-state index is 5.86. The molecule has 0 aliphatic carbocycles. The molecule has 4 nitrogen and oxygen atoms in total. The van der Waals surface area contributed by atoms with E-state index in [2.05, 4.69) is 22.2 Å². The van der Waals surface area contributed by atoms with Crippen LogP contribution in [0.5, 0.6) is 11.6 Å². The van der Waals surface area contributed by atoms with Crippen LogP contribution in [0, 0.1) is 13.8 Å². The molecule has 5 heteroatoms. The molecule has 0 amide bonds. The van der Waals surface area contributed by atoms with E-state index in [1.54, 1.807) is 12.1 Å². The second kappa shape index (κ2) is 6.57. The van der Waals surface area contributed by atoms with Crippen molar-refractivity contribution in [2.24, 2.45) is 0 Å². The predicted octanol–water partition coefficient (Wildman–Crippen LogP) is 4.36. The lowest BCUT2D eigenvalue weighted by molar-refractivity contribution is 0.456. The summed E-state index contributed by atoms with van der Waals surface area (Å²) < 4.78 is 5.82. The highest BCUT2D eigenvalue weighted by Gasteiger charge is 2.11. The standard InChI is InChI=1S/C15H18ClN3O/c1-4-9-17-14-10(2)15(19-11(3)18-14)20-13-7-5-12(16)6-8-13/h5-8H,4,9H2,1-3H3,(H,17,18,19). The number of nitrogens with zero attached hydrogens (tertiary/aromatic N) is 2. The Morgan fingerprint density at radius 1 is 1.15 bits per heavy atom. The van der Waals surface area contributed by atoms with Crippen molar-refractivity contribution in [3.05, 3.63) is 40.7 Å². The Morgan fingerprint density at radius 2 is 1.85 bits per heavy atom. The van der Waals surface area contributed by atoms with Crippen molar-refractivity contribution in [1.82, 2.24) is 9.97 Å². The second-order valence-corrected chi connectivity index (χ2v) is 4.97. The summed E-state index contributed by atoms with van der Waals surface area (Å²) in [5, 5.41) is 3.97. The van der Waals surface area contributed by atoms with E-state index in [1.165, 1.54) is 0 Å². The summed E-state index contributed by atoms with van der Waals surface area (Å²) in [6.45, 7) is 6.78. The minimum absolute atomic E-state index is 0.568. The molecule has 0 radical (unpaired) electrons. The molecule has 0 aliphatic rings. The third-order valence-electron chi connectivity index (χ3n) is 2.78. The average Bonchev–Trinajstić information content (AvgIpc) is 2.43. The van der Waals surface area contributed by atoms with E-state index in [1.807, 2.05) is 26.0 Å². The fourth-order valence-corrected chi connectivity index (χ4v) is 1.86. The van der Waals surface area contributed by atoms with Crippen LogP contribution < -0.4 is 10.1 Å². The highest BCUT2D eigenvalue weighted by Crippen LogP contribution is 2.27. The van der Waals surface area contributed by atoms with Gasteiger partial charge in [-0.25, -0.2) is 4.98 Å². The van der Waals surface area contributed by atoms with Gasteiger partial charge in [0.2, 0.25) is 5.88 Å². The molecule has 0 fully saturated rings. The predicted molar refractivity (Wildman–Crippen MR) is 81.8 cm³/mol. The summed E-state index contributed by atoms with van der Waals surface area (Å²) in [4.78, 5) is 8.76. The highest BCUT2D eigenvalue weighted by atomic mass is 35.5. The molecule has 1 aromatic carbocycles. The minimum atomic E-state index is 0.568. The molecule has 0 saturated carbocycles. The van der Waals surface area contributed by atoms with Crippen LogP contribution >= 0.6 is 11.6 Å². The summed E-state index contributed by atoms with van der Waals surface area (Å²) in [7, 11) is 0. The SMILES string of the molecule is CCCNc1nc(C)nc(Oc2ccc(Cl)cc2)c1C. The first kappa shape index (κ1) is 14.6. The molecule has 2 aromatic rings. The summed E-state index contributed by atoms with van der Waals surface area (Å²) in [5.74, 6) is 2.77. The number of rotatable bonds is 5. The van der Waals surface area contributed by atoms with E-state index >= 15 is 0 Å². The summed E-state index contributed by atoms with van der Waals surface area (Å²) >= 11 is 5.86. The summed E-state index contributed by atoms with van der Waals surface area (Å²) in [6, 6.07) is 7.21. The molecule has 2 rings (SSSR count). The van der Waals surface area contributed by atoms with Gasteiger partial charge in [-0.2, -0.15) is 4.98 Å². The van der Waals surface area contributed by atoms with Crippen LogP contribution in [0.2, 0.25) is 5.02 Å². The normalized spacial score (nSPS) is 10.4. The van der Waals surface area contributed by atoms with Crippen molar-refractivity contribution >= 4 is 17.4 Å². The van der Waals surface area contributed by atoms with Crippen LogP contribution in [0.15, 0.2) is 24.3 Å². The van der Waals surface area contributed by atoms with Crippen LogP contribution in [0.4, 0.5) is 5.82 Å². The molecule has 20 heavy (non-hydrogen) atoms. The molecular weight excluding hydrogens is 274 g/mol. The van der Waals surface area contributed by atoms with Crippen molar-refractivity contribution in [2.75, 3.05) is 11.9 Å². The van der Waals surface area contributed by atoms with E-state index in [4.69, 9.17) is 16.3 Å². The van der Waals surface area contributed by atoms with Crippen molar-refractivity contribution < 1.29 is 4.74 Å². The number of nitrogens with one attached hydrogen (secondary N) is 1. The van der Waals surface area contributed by atoms with Crippen molar-refractivity contribution in [3.63, 3.8) is 0 Å². The molecule has 0 aliphatic heterocycles. The van der Waals surface area contributed by atoms with Gasteiger partial charge in [-0.1, -0.05) is 18.5 Å². The molecule has 0 unspecified atom stereocenters. The number of aromatic nitrogens is 2. The molecule has 1 aromatic heterocycles.